The van der Waals surface area contributed by atoms with E-state index in [4.69, 9.17) is 26.8 Å². The van der Waals surface area contributed by atoms with Gasteiger partial charge in [-0.2, -0.15) is 0 Å². The van der Waals surface area contributed by atoms with Crippen molar-refractivity contribution in [1.82, 2.24) is 4.90 Å². The first-order chi connectivity index (χ1) is 14.4. The van der Waals surface area contributed by atoms with E-state index in [2.05, 4.69) is 0 Å². The summed E-state index contributed by atoms with van der Waals surface area (Å²) in [4.78, 5) is 26.0. The van der Waals surface area contributed by atoms with E-state index < -0.39 is 17.1 Å². The van der Waals surface area contributed by atoms with Gasteiger partial charge in [-0.1, -0.05) is 29.8 Å². The maximum atomic E-state index is 13.7. The normalized spacial score (nSPS) is 18.7. The van der Waals surface area contributed by atoms with Crippen LogP contribution in [-0.4, -0.2) is 43.0 Å². The average molecular weight is 435 g/mol. The summed E-state index contributed by atoms with van der Waals surface area (Å²) in [5.74, 6) is -0.661. The van der Waals surface area contributed by atoms with Crippen molar-refractivity contribution < 1.29 is 23.5 Å². The highest BCUT2D eigenvalue weighted by molar-refractivity contribution is 6.30. The first kappa shape index (κ1) is 21.9. The molecule has 1 saturated heterocycles. The molecule has 0 saturated carbocycles. The summed E-state index contributed by atoms with van der Waals surface area (Å²) in [5.41, 5.74) is 4.88. The number of likely N-dealkylation sites (tertiary alicyclic amines) is 1. The minimum absolute atomic E-state index is 0.0237. The van der Waals surface area contributed by atoms with Gasteiger partial charge in [-0.3, -0.25) is 9.59 Å². The molecule has 2 aromatic carbocycles. The van der Waals surface area contributed by atoms with Crippen LogP contribution in [0.5, 0.6) is 11.5 Å². The van der Waals surface area contributed by atoms with Gasteiger partial charge in [0.2, 0.25) is 5.91 Å². The lowest BCUT2D eigenvalue weighted by Gasteiger charge is -2.42. The first-order valence-corrected chi connectivity index (χ1v) is 10.1. The van der Waals surface area contributed by atoms with Crippen molar-refractivity contribution in [2.24, 2.45) is 11.1 Å². The van der Waals surface area contributed by atoms with Crippen molar-refractivity contribution in [2.45, 2.75) is 19.3 Å². The molecule has 2 N–H and O–H groups in total. The zero-order valence-corrected chi connectivity index (χ0v) is 17.2. The number of piperidine rings is 1. The Kier molecular flexibility index (Phi) is 7.15. The van der Waals surface area contributed by atoms with E-state index in [1.165, 1.54) is 12.1 Å². The topological polar surface area (TPSA) is 81.9 Å². The van der Waals surface area contributed by atoms with Crippen LogP contribution in [0.15, 0.2) is 48.5 Å². The maximum Gasteiger partial charge on any atom is 0.260 e. The molecule has 0 aliphatic carbocycles. The number of carbonyl (C=O) groups excluding carboxylic acids is 2. The second kappa shape index (κ2) is 9.80. The van der Waals surface area contributed by atoms with Gasteiger partial charge in [0, 0.05) is 29.9 Å². The van der Waals surface area contributed by atoms with Gasteiger partial charge in [0.25, 0.3) is 5.91 Å². The summed E-state index contributed by atoms with van der Waals surface area (Å²) in [6.07, 6.45) is 1.47. The van der Waals surface area contributed by atoms with Crippen LogP contribution in [0, 0.1) is 11.2 Å². The minimum Gasteiger partial charge on any atom is -0.493 e. The van der Waals surface area contributed by atoms with E-state index in [0.717, 1.165) is 0 Å². The Balaban J connectivity index is 1.66. The Hall–Kier alpha value is -2.80. The number of benzene rings is 2. The molecule has 2 amide bonds. The number of primary amides is 1. The molecule has 1 aliphatic rings. The van der Waals surface area contributed by atoms with Gasteiger partial charge >= 0.3 is 0 Å². The number of nitrogens with two attached hydrogens (primary N) is 1. The van der Waals surface area contributed by atoms with Crippen LogP contribution in [-0.2, 0) is 9.59 Å². The van der Waals surface area contributed by atoms with Crippen LogP contribution in [0.2, 0.25) is 5.02 Å². The number of rotatable bonds is 8. The second-order valence-electron chi connectivity index (χ2n) is 7.53. The second-order valence-corrected chi connectivity index (χ2v) is 7.96. The van der Waals surface area contributed by atoms with Gasteiger partial charge in [0.15, 0.2) is 18.2 Å². The molecule has 0 unspecified atom stereocenters. The highest BCUT2D eigenvalue weighted by Crippen LogP contribution is 2.35. The van der Waals surface area contributed by atoms with E-state index in [0.29, 0.717) is 36.7 Å². The zero-order valence-electron chi connectivity index (χ0n) is 16.5. The Labute approximate surface area is 179 Å². The molecule has 30 heavy (non-hydrogen) atoms. The first-order valence-electron chi connectivity index (χ1n) is 9.69. The van der Waals surface area contributed by atoms with E-state index in [1.807, 2.05) is 0 Å². The molecular formula is C22H24ClFN2O4. The largest absolute Gasteiger partial charge is 0.493 e. The molecule has 0 bridgehead atoms. The lowest BCUT2D eigenvalue weighted by atomic mass is 9.77. The van der Waals surface area contributed by atoms with E-state index >= 15 is 0 Å². The predicted molar refractivity (Wildman–Crippen MR) is 111 cm³/mol. The fraction of sp³-hybridized carbons (Fsp3) is 0.364. The zero-order chi connectivity index (χ0) is 21.6. The third-order valence-electron chi connectivity index (χ3n) is 5.09. The van der Waals surface area contributed by atoms with Crippen molar-refractivity contribution in [3.8, 4) is 11.5 Å². The lowest BCUT2D eigenvalue weighted by molar-refractivity contribution is -0.139. The van der Waals surface area contributed by atoms with Crippen LogP contribution in [0.1, 0.15) is 19.3 Å². The van der Waals surface area contributed by atoms with Crippen LogP contribution in [0.3, 0.4) is 0 Å². The molecule has 2 aromatic rings. The number of nitrogens with zero attached hydrogens (tertiary/aromatic N) is 1. The van der Waals surface area contributed by atoms with Gasteiger partial charge in [-0.05, 0) is 43.2 Å². The van der Waals surface area contributed by atoms with Gasteiger partial charge in [-0.25, -0.2) is 4.39 Å². The Bertz CT molecular complexity index is 910. The van der Waals surface area contributed by atoms with Crippen LogP contribution in [0.4, 0.5) is 4.39 Å². The molecule has 160 valence electrons. The number of ether oxygens (including phenoxy) is 2. The van der Waals surface area contributed by atoms with E-state index in [-0.39, 0.29) is 31.3 Å². The maximum absolute atomic E-state index is 13.7. The van der Waals surface area contributed by atoms with Crippen molar-refractivity contribution in [2.75, 3.05) is 26.3 Å². The van der Waals surface area contributed by atoms with Crippen LogP contribution < -0.4 is 15.2 Å². The van der Waals surface area contributed by atoms with Crippen molar-refractivity contribution >= 4 is 23.4 Å². The summed E-state index contributed by atoms with van der Waals surface area (Å²) in [5, 5.41) is 0.544. The SMILES string of the molecule is NC(=O)C[C@]1(COc2cccc(Cl)c2)CCCN(C(=O)COc2ccccc2F)C1. The van der Waals surface area contributed by atoms with Crippen molar-refractivity contribution in [3.05, 3.63) is 59.4 Å². The standard InChI is InChI=1S/C22H24ClFN2O4/c23-16-5-3-6-17(11-16)30-15-22(12-20(25)27)9-4-10-26(14-22)21(28)13-29-19-8-2-1-7-18(19)24/h1-3,5-8,11H,4,9-10,12-15H2,(H2,25,27)/t22-/m1/s1. The van der Waals surface area contributed by atoms with Gasteiger partial charge < -0.3 is 20.1 Å². The monoisotopic (exact) mass is 434 g/mol. The molecular weight excluding hydrogens is 411 g/mol. The van der Waals surface area contributed by atoms with Crippen LogP contribution >= 0.6 is 11.6 Å². The predicted octanol–water partition coefficient (Wildman–Crippen LogP) is 3.42. The third-order valence-corrected chi connectivity index (χ3v) is 5.33. The highest BCUT2D eigenvalue weighted by Gasteiger charge is 2.39. The number of hydrogen-bond donors (Lipinski definition) is 1. The molecule has 1 heterocycles. The number of hydrogen-bond acceptors (Lipinski definition) is 4. The minimum atomic E-state index is -0.611. The summed E-state index contributed by atoms with van der Waals surface area (Å²) in [7, 11) is 0. The molecule has 6 nitrogen and oxygen atoms in total. The molecule has 8 heteroatoms. The Morgan fingerprint density at radius 3 is 2.70 bits per heavy atom. The molecule has 3 rings (SSSR count). The van der Waals surface area contributed by atoms with Gasteiger partial charge in [-0.15, -0.1) is 0 Å². The fourth-order valence-corrected chi connectivity index (χ4v) is 3.87. The van der Waals surface area contributed by atoms with Crippen LogP contribution in [0.25, 0.3) is 0 Å². The van der Waals surface area contributed by atoms with Gasteiger partial charge in [0.05, 0.1) is 6.61 Å². The number of amides is 2. The molecule has 1 atom stereocenters. The molecule has 0 aromatic heterocycles. The van der Waals surface area contributed by atoms with Crippen molar-refractivity contribution in [1.29, 1.82) is 0 Å². The number of para-hydroxylation sites is 1. The summed E-state index contributed by atoms with van der Waals surface area (Å²) in [6, 6.07) is 12.9. The molecule has 0 radical (unpaired) electrons. The average Bonchev–Trinajstić information content (AvgIpc) is 2.71. The van der Waals surface area contributed by atoms with E-state index in [1.54, 1.807) is 41.3 Å². The van der Waals surface area contributed by atoms with Crippen molar-refractivity contribution in [3.63, 3.8) is 0 Å². The van der Waals surface area contributed by atoms with Gasteiger partial charge in [0.1, 0.15) is 5.75 Å². The molecule has 1 fully saturated rings. The quantitative estimate of drug-likeness (QED) is 0.690. The third kappa shape index (κ3) is 5.86. The molecule has 1 aliphatic heterocycles. The smallest absolute Gasteiger partial charge is 0.260 e. The number of halogens is 2. The summed E-state index contributed by atoms with van der Waals surface area (Å²) < 4.78 is 24.9. The van der Waals surface area contributed by atoms with E-state index in [9.17, 15) is 14.0 Å². The fourth-order valence-electron chi connectivity index (χ4n) is 3.69. The lowest BCUT2D eigenvalue weighted by Crippen LogP contribution is -2.51. The summed E-state index contributed by atoms with van der Waals surface area (Å²) in [6.45, 7) is 0.754. The summed E-state index contributed by atoms with van der Waals surface area (Å²) >= 11 is 6.00. The Morgan fingerprint density at radius 1 is 1.17 bits per heavy atom. The Morgan fingerprint density at radius 2 is 1.97 bits per heavy atom. The highest BCUT2D eigenvalue weighted by atomic mass is 35.5. The number of carbonyl (C=O) groups is 2. The molecule has 0 spiro atoms.